The van der Waals surface area contributed by atoms with Gasteiger partial charge in [0.05, 0.1) is 5.75 Å². The van der Waals surface area contributed by atoms with Crippen molar-refractivity contribution in [3.63, 3.8) is 0 Å². The molecule has 0 radical (unpaired) electrons. The molecule has 0 aliphatic carbocycles. The van der Waals surface area contributed by atoms with Gasteiger partial charge in [-0.05, 0) is 18.2 Å². The molecule has 0 saturated heterocycles. The second kappa shape index (κ2) is 5.63. The van der Waals surface area contributed by atoms with Crippen molar-refractivity contribution in [2.45, 2.75) is 37.4 Å². The summed E-state index contributed by atoms with van der Waals surface area (Å²) in [6.45, 7) is 5.56. The number of aryl methyl sites for hydroxylation is 1. The van der Waals surface area contributed by atoms with E-state index in [2.05, 4.69) is 9.97 Å². The third-order valence-corrected chi connectivity index (χ3v) is 4.41. The van der Waals surface area contributed by atoms with Gasteiger partial charge in [0.2, 0.25) is 0 Å². The Kier molecular flexibility index (Phi) is 4.73. The first kappa shape index (κ1) is 13.4. The summed E-state index contributed by atoms with van der Waals surface area (Å²) in [4.78, 5) is 8.35. The van der Waals surface area contributed by atoms with E-state index in [9.17, 15) is 8.42 Å². The van der Waals surface area contributed by atoms with Crippen LogP contribution in [-0.2, 0) is 16.3 Å². The lowest BCUT2D eigenvalue weighted by atomic mass is 10.3. The average Bonchev–Trinajstić information content (AvgIpc) is 2.29. The van der Waals surface area contributed by atoms with E-state index in [0.717, 1.165) is 11.4 Å². The third kappa shape index (κ3) is 3.18. The van der Waals surface area contributed by atoms with Gasteiger partial charge in [-0.25, -0.2) is 18.4 Å². The van der Waals surface area contributed by atoms with Crippen molar-refractivity contribution in [1.82, 2.24) is 9.97 Å². The van der Waals surface area contributed by atoms with Crippen LogP contribution in [0, 0.1) is 0 Å². The van der Waals surface area contributed by atoms with Crippen LogP contribution in [0.3, 0.4) is 0 Å². The molecule has 0 aliphatic heterocycles. The maximum atomic E-state index is 11.7. The number of rotatable bonds is 5. The maximum absolute atomic E-state index is 11.7. The van der Waals surface area contributed by atoms with Crippen molar-refractivity contribution in [2.75, 3.05) is 11.5 Å². The van der Waals surface area contributed by atoms with E-state index in [1.165, 1.54) is 11.8 Å². The van der Waals surface area contributed by atoms with Crippen LogP contribution in [0.1, 0.15) is 26.5 Å². The van der Waals surface area contributed by atoms with Crippen molar-refractivity contribution < 1.29 is 8.42 Å². The molecule has 0 spiro atoms. The molecule has 0 aliphatic rings. The second-order valence-electron chi connectivity index (χ2n) is 3.17. The van der Waals surface area contributed by atoms with E-state index < -0.39 is 9.84 Å². The minimum absolute atomic E-state index is 0.0728. The van der Waals surface area contributed by atoms with E-state index in [4.69, 9.17) is 0 Å². The Labute approximate surface area is 101 Å². The Balaban J connectivity index is 3.24. The lowest BCUT2D eigenvalue weighted by molar-refractivity contribution is 0.590. The standard InChI is InChI=1S/C10H16N2O2S2/c1-4-8-7-9(16(13,14)6-3)12-10(11-8)15-5-2/h7H,4-6H2,1-3H3. The monoisotopic (exact) mass is 260 g/mol. The van der Waals surface area contributed by atoms with Gasteiger partial charge >= 0.3 is 0 Å². The number of nitrogens with zero attached hydrogens (tertiary/aromatic N) is 2. The SMILES string of the molecule is CCSc1nc(CC)cc(S(=O)(=O)CC)n1. The third-order valence-electron chi connectivity index (χ3n) is 2.07. The Morgan fingerprint density at radius 1 is 1.25 bits per heavy atom. The second-order valence-corrected chi connectivity index (χ2v) is 6.63. The highest BCUT2D eigenvalue weighted by molar-refractivity contribution is 7.99. The summed E-state index contributed by atoms with van der Waals surface area (Å²) in [5.41, 5.74) is 0.776. The Hall–Kier alpha value is -0.620. The number of sulfone groups is 1. The van der Waals surface area contributed by atoms with E-state index in [-0.39, 0.29) is 10.8 Å². The molecule has 90 valence electrons. The fraction of sp³-hybridized carbons (Fsp3) is 0.600. The fourth-order valence-electron chi connectivity index (χ4n) is 1.13. The average molecular weight is 260 g/mol. The number of thioether (sulfide) groups is 1. The van der Waals surface area contributed by atoms with Gasteiger partial charge in [-0.1, -0.05) is 32.5 Å². The molecule has 1 heterocycles. The molecule has 1 aromatic rings. The molecule has 6 heteroatoms. The topological polar surface area (TPSA) is 59.9 Å². The van der Waals surface area contributed by atoms with Crippen molar-refractivity contribution in [3.05, 3.63) is 11.8 Å². The van der Waals surface area contributed by atoms with Crippen molar-refractivity contribution in [1.29, 1.82) is 0 Å². The molecule has 0 N–H and O–H groups in total. The van der Waals surface area contributed by atoms with Gasteiger partial charge in [0.1, 0.15) is 0 Å². The molecule has 0 aromatic carbocycles. The van der Waals surface area contributed by atoms with Gasteiger partial charge < -0.3 is 0 Å². The van der Waals surface area contributed by atoms with Crippen LogP contribution in [0.4, 0.5) is 0 Å². The van der Waals surface area contributed by atoms with Crippen LogP contribution in [-0.4, -0.2) is 29.9 Å². The molecular formula is C10H16N2O2S2. The van der Waals surface area contributed by atoms with Gasteiger partial charge in [-0.3, -0.25) is 0 Å². The summed E-state index contributed by atoms with van der Waals surface area (Å²) in [6, 6.07) is 1.57. The largest absolute Gasteiger partial charge is 0.228 e. The van der Waals surface area contributed by atoms with Crippen molar-refractivity contribution in [3.8, 4) is 0 Å². The molecule has 1 rings (SSSR count). The molecule has 16 heavy (non-hydrogen) atoms. The minimum atomic E-state index is -3.24. The van der Waals surface area contributed by atoms with Crippen molar-refractivity contribution in [2.24, 2.45) is 0 Å². The predicted molar refractivity (Wildman–Crippen MR) is 65.5 cm³/mol. The first-order valence-corrected chi connectivity index (χ1v) is 7.90. The summed E-state index contributed by atoms with van der Waals surface area (Å²) in [5, 5.41) is 0.701. The van der Waals surface area contributed by atoms with Crippen LogP contribution >= 0.6 is 11.8 Å². The van der Waals surface area contributed by atoms with Gasteiger partial charge in [0, 0.05) is 5.69 Å². The van der Waals surface area contributed by atoms with Crippen LogP contribution < -0.4 is 0 Å². The predicted octanol–water partition coefficient (Wildman–Crippen LogP) is 1.94. The van der Waals surface area contributed by atoms with Crippen LogP contribution in [0.2, 0.25) is 0 Å². The first-order chi connectivity index (χ1) is 7.53. The molecule has 0 fully saturated rings. The van der Waals surface area contributed by atoms with Crippen LogP contribution in [0.5, 0.6) is 0 Å². The van der Waals surface area contributed by atoms with Gasteiger partial charge in [0.15, 0.2) is 20.0 Å². The molecular weight excluding hydrogens is 244 g/mol. The summed E-state index contributed by atoms with van der Waals surface area (Å²) in [6.07, 6.45) is 0.714. The fourth-order valence-corrected chi connectivity index (χ4v) is 2.63. The quantitative estimate of drug-likeness (QED) is 0.460. The number of hydrogen-bond donors (Lipinski definition) is 0. The highest BCUT2D eigenvalue weighted by Crippen LogP contribution is 2.17. The molecule has 0 bridgehead atoms. The molecule has 4 nitrogen and oxygen atoms in total. The van der Waals surface area contributed by atoms with E-state index >= 15 is 0 Å². The zero-order valence-corrected chi connectivity index (χ0v) is 11.4. The summed E-state index contributed by atoms with van der Waals surface area (Å²) in [5.74, 6) is 0.905. The molecule has 0 atom stereocenters. The Morgan fingerprint density at radius 3 is 2.44 bits per heavy atom. The Bertz CT molecular complexity index is 458. The lowest BCUT2D eigenvalue weighted by Crippen LogP contribution is -2.09. The molecule has 0 unspecified atom stereocenters. The Morgan fingerprint density at radius 2 is 1.94 bits per heavy atom. The molecule has 0 saturated carbocycles. The van der Waals surface area contributed by atoms with Crippen molar-refractivity contribution >= 4 is 21.6 Å². The van der Waals surface area contributed by atoms with E-state index in [1.807, 2.05) is 13.8 Å². The zero-order valence-electron chi connectivity index (χ0n) is 9.73. The molecule has 1 aromatic heterocycles. The highest BCUT2D eigenvalue weighted by Gasteiger charge is 2.16. The van der Waals surface area contributed by atoms with Gasteiger partial charge in [-0.2, -0.15) is 0 Å². The van der Waals surface area contributed by atoms with Gasteiger partial charge in [0.25, 0.3) is 0 Å². The van der Waals surface area contributed by atoms with E-state index in [1.54, 1.807) is 13.0 Å². The molecule has 0 amide bonds. The number of aromatic nitrogens is 2. The van der Waals surface area contributed by atoms with Gasteiger partial charge in [-0.15, -0.1) is 0 Å². The smallest absolute Gasteiger partial charge is 0.195 e. The first-order valence-electron chi connectivity index (χ1n) is 5.27. The lowest BCUT2D eigenvalue weighted by Gasteiger charge is -2.05. The summed E-state index contributed by atoms with van der Waals surface area (Å²) < 4.78 is 23.5. The van der Waals surface area contributed by atoms with Crippen LogP contribution in [0.25, 0.3) is 0 Å². The summed E-state index contributed by atoms with van der Waals surface area (Å²) >= 11 is 1.46. The minimum Gasteiger partial charge on any atom is -0.228 e. The highest BCUT2D eigenvalue weighted by atomic mass is 32.2. The number of hydrogen-bond acceptors (Lipinski definition) is 5. The summed E-state index contributed by atoms with van der Waals surface area (Å²) in [7, 11) is -3.24. The van der Waals surface area contributed by atoms with Crippen LogP contribution in [0.15, 0.2) is 16.2 Å². The maximum Gasteiger partial charge on any atom is 0.195 e. The normalized spacial score (nSPS) is 11.7. The zero-order chi connectivity index (χ0) is 12.2. The van der Waals surface area contributed by atoms with E-state index in [0.29, 0.717) is 11.6 Å².